The summed E-state index contributed by atoms with van der Waals surface area (Å²) < 4.78 is 0. The Bertz CT molecular complexity index is 579. The molecule has 0 aliphatic heterocycles. The Morgan fingerprint density at radius 1 is 1.20 bits per heavy atom. The minimum atomic E-state index is -0.738. The molecule has 0 saturated carbocycles. The minimum Gasteiger partial charge on any atom is -0.387 e. The molecule has 2 aromatic rings. The zero-order chi connectivity index (χ0) is 14.5. The fourth-order valence-electron chi connectivity index (χ4n) is 1.70. The Labute approximate surface area is 117 Å². The summed E-state index contributed by atoms with van der Waals surface area (Å²) in [4.78, 5) is 19.8. The standard InChI is InChI=1S/C15H17N3O2/c1-10-3-5-12(6-4-10)14(19)9-18-15(20)13-8-16-11(2)7-17-13/h3-8,14,19H,9H2,1-2H3,(H,18,20)/t14-/m1/s1. The molecule has 2 rings (SSSR count). The summed E-state index contributed by atoms with van der Waals surface area (Å²) in [6, 6.07) is 7.54. The summed E-state index contributed by atoms with van der Waals surface area (Å²) in [5, 5.41) is 12.6. The third-order valence-corrected chi connectivity index (χ3v) is 2.93. The van der Waals surface area contributed by atoms with Crippen molar-refractivity contribution in [2.75, 3.05) is 6.54 Å². The average molecular weight is 271 g/mol. The number of carbonyl (C=O) groups excluding carboxylic acids is 1. The van der Waals surface area contributed by atoms with E-state index in [-0.39, 0.29) is 18.1 Å². The molecule has 0 bridgehead atoms. The largest absolute Gasteiger partial charge is 0.387 e. The summed E-state index contributed by atoms with van der Waals surface area (Å²) in [6.07, 6.45) is 2.21. The van der Waals surface area contributed by atoms with E-state index < -0.39 is 6.10 Å². The number of aromatic nitrogens is 2. The first kappa shape index (κ1) is 14.1. The Morgan fingerprint density at radius 3 is 2.50 bits per heavy atom. The third kappa shape index (κ3) is 3.61. The molecule has 20 heavy (non-hydrogen) atoms. The molecule has 5 heteroatoms. The van der Waals surface area contributed by atoms with Gasteiger partial charge in [0.05, 0.1) is 18.0 Å². The molecule has 2 N–H and O–H groups in total. The van der Waals surface area contributed by atoms with Crippen molar-refractivity contribution >= 4 is 5.91 Å². The predicted molar refractivity (Wildman–Crippen MR) is 75.2 cm³/mol. The second-order valence-electron chi connectivity index (χ2n) is 4.68. The lowest BCUT2D eigenvalue weighted by Crippen LogP contribution is -2.29. The maximum atomic E-state index is 11.8. The van der Waals surface area contributed by atoms with Crippen LogP contribution in [0, 0.1) is 13.8 Å². The van der Waals surface area contributed by atoms with Crippen LogP contribution in [-0.2, 0) is 0 Å². The zero-order valence-electron chi connectivity index (χ0n) is 11.5. The predicted octanol–water partition coefficient (Wildman–Crippen LogP) is 1.56. The van der Waals surface area contributed by atoms with E-state index in [9.17, 15) is 9.90 Å². The van der Waals surface area contributed by atoms with Gasteiger partial charge in [0.2, 0.25) is 0 Å². The molecule has 1 amide bonds. The fraction of sp³-hybridized carbons (Fsp3) is 0.267. The van der Waals surface area contributed by atoms with Crippen molar-refractivity contribution in [1.82, 2.24) is 15.3 Å². The Balaban J connectivity index is 1.92. The van der Waals surface area contributed by atoms with Crippen molar-refractivity contribution in [3.8, 4) is 0 Å². The van der Waals surface area contributed by atoms with Gasteiger partial charge in [-0.1, -0.05) is 29.8 Å². The van der Waals surface area contributed by atoms with E-state index in [4.69, 9.17) is 0 Å². The highest BCUT2D eigenvalue weighted by Gasteiger charge is 2.11. The number of benzene rings is 1. The molecular formula is C15H17N3O2. The molecule has 5 nitrogen and oxygen atoms in total. The van der Waals surface area contributed by atoms with Crippen molar-refractivity contribution in [2.24, 2.45) is 0 Å². The summed E-state index contributed by atoms with van der Waals surface area (Å²) in [5.74, 6) is -0.344. The first-order valence-corrected chi connectivity index (χ1v) is 6.38. The Morgan fingerprint density at radius 2 is 1.90 bits per heavy atom. The summed E-state index contributed by atoms with van der Waals surface area (Å²) in [6.45, 7) is 3.92. The number of rotatable bonds is 4. The van der Waals surface area contributed by atoms with E-state index in [2.05, 4.69) is 15.3 Å². The molecule has 0 spiro atoms. The van der Waals surface area contributed by atoms with Crippen LogP contribution in [0.5, 0.6) is 0 Å². The van der Waals surface area contributed by atoms with Crippen LogP contribution in [0.3, 0.4) is 0 Å². The van der Waals surface area contributed by atoms with Crippen molar-refractivity contribution in [1.29, 1.82) is 0 Å². The van der Waals surface area contributed by atoms with Gasteiger partial charge < -0.3 is 10.4 Å². The molecule has 0 saturated heterocycles. The topological polar surface area (TPSA) is 75.1 Å². The van der Waals surface area contributed by atoms with E-state index >= 15 is 0 Å². The quantitative estimate of drug-likeness (QED) is 0.885. The van der Waals surface area contributed by atoms with Crippen LogP contribution in [0.2, 0.25) is 0 Å². The maximum Gasteiger partial charge on any atom is 0.271 e. The number of hydrogen-bond donors (Lipinski definition) is 2. The van der Waals surface area contributed by atoms with Gasteiger partial charge in [-0.25, -0.2) is 4.98 Å². The third-order valence-electron chi connectivity index (χ3n) is 2.93. The first-order valence-electron chi connectivity index (χ1n) is 6.38. The van der Waals surface area contributed by atoms with E-state index in [0.29, 0.717) is 0 Å². The lowest BCUT2D eigenvalue weighted by atomic mass is 10.1. The molecule has 0 radical (unpaired) electrons. The molecule has 1 aromatic carbocycles. The first-order chi connectivity index (χ1) is 9.56. The molecule has 0 aliphatic carbocycles. The smallest absolute Gasteiger partial charge is 0.271 e. The van der Waals surface area contributed by atoms with Crippen LogP contribution < -0.4 is 5.32 Å². The van der Waals surface area contributed by atoms with Crippen LogP contribution in [0.25, 0.3) is 0 Å². The minimum absolute atomic E-state index is 0.136. The van der Waals surface area contributed by atoms with Crippen LogP contribution in [0.15, 0.2) is 36.7 Å². The van der Waals surface area contributed by atoms with E-state index in [1.54, 1.807) is 6.92 Å². The molecule has 1 aromatic heterocycles. The monoisotopic (exact) mass is 271 g/mol. The number of carbonyl (C=O) groups is 1. The van der Waals surface area contributed by atoms with Crippen LogP contribution >= 0.6 is 0 Å². The lowest BCUT2D eigenvalue weighted by Gasteiger charge is -2.12. The van der Waals surface area contributed by atoms with E-state index in [1.807, 2.05) is 31.2 Å². The molecule has 0 fully saturated rings. The van der Waals surface area contributed by atoms with Gasteiger partial charge in [-0.3, -0.25) is 9.78 Å². The molecule has 0 aliphatic rings. The second-order valence-corrected chi connectivity index (χ2v) is 4.68. The summed E-state index contributed by atoms with van der Waals surface area (Å²) >= 11 is 0. The van der Waals surface area contributed by atoms with Gasteiger partial charge >= 0.3 is 0 Å². The highest BCUT2D eigenvalue weighted by molar-refractivity contribution is 5.91. The number of nitrogens with zero attached hydrogens (tertiary/aromatic N) is 2. The van der Waals surface area contributed by atoms with Gasteiger partial charge in [0.15, 0.2) is 0 Å². The Kier molecular flexibility index (Phi) is 4.42. The number of nitrogens with one attached hydrogen (secondary N) is 1. The van der Waals surface area contributed by atoms with Gasteiger partial charge in [0.25, 0.3) is 5.91 Å². The highest BCUT2D eigenvalue weighted by Crippen LogP contribution is 2.12. The maximum absolute atomic E-state index is 11.8. The molecular weight excluding hydrogens is 254 g/mol. The van der Waals surface area contributed by atoms with E-state index in [0.717, 1.165) is 16.8 Å². The van der Waals surface area contributed by atoms with Gasteiger partial charge in [-0.2, -0.15) is 0 Å². The summed E-state index contributed by atoms with van der Waals surface area (Å²) in [5.41, 5.74) is 2.89. The van der Waals surface area contributed by atoms with Gasteiger partial charge in [0, 0.05) is 12.7 Å². The van der Waals surface area contributed by atoms with Crippen molar-refractivity contribution in [3.05, 3.63) is 59.2 Å². The van der Waals surface area contributed by atoms with Gasteiger partial charge in [0.1, 0.15) is 5.69 Å². The van der Waals surface area contributed by atoms with Crippen LogP contribution in [-0.4, -0.2) is 27.5 Å². The molecule has 1 atom stereocenters. The fourth-order valence-corrected chi connectivity index (χ4v) is 1.70. The van der Waals surface area contributed by atoms with Gasteiger partial charge in [-0.15, -0.1) is 0 Å². The van der Waals surface area contributed by atoms with Crippen molar-refractivity contribution < 1.29 is 9.90 Å². The number of aliphatic hydroxyl groups is 1. The number of hydrogen-bond acceptors (Lipinski definition) is 4. The molecule has 1 heterocycles. The number of aryl methyl sites for hydroxylation is 2. The lowest BCUT2D eigenvalue weighted by molar-refractivity contribution is 0.0911. The van der Waals surface area contributed by atoms with Gasteiger partial charge in [-0.05, 0) is 19.4 Å². The van der Waals surface area contributed by atoms with Crippen molar-refractivity contribution in [3.63, 3.8) is 0 Å². The van der Waals surface area contributed by atoms with Crippen LogP contribution in [0.4, 0.5) is 0 Å². The van der Waals surface area contributed by atoms with Crippen LogP contribution in [0.1, 0.15) is 33.4 Å². The normalized spacial score (nSPS) is 11.9. The van der Waals surface area contributed by atoms with E-state index in [1.165, 1.54) is 12.4 Å². The highest BCUT2D eigenvalue weighted by atomic mass is 16.3. The molecule has 0 unspecified atom stereocenters. The Hall–Kier alpha value is -2.27. The number of aliphatic hydroxyl groups excluding tert-OH is 1. The number of amides is 1. The summed E-state index contributed by atoms with van der Waals surface area (Å²) in [7, 11) is 0. The molecule has 104 valence electrons. The second kappa shape index (κ2) is 6.25. The van der Waals surface area contributed by atoms with Crippen molar-refractivity contribution in [2.45, 2.75) is 20.0 Å². The average Bonchev–Trinajstić information content (AvgIpc) is 2.46. The SMILES string of the molecule is Cc1ccc([C@H](O)CNC(=O)c2cnc(C)cn2)cc1. The zero-order valence-corrected chi connectivity index (χ0v) is 11.5.